The van der Waals surface area contributed by atoms with Crippen molar-refractivity contribution in [1.82, 2.24) is 4.57 Å². The van der Waals surface area contributed by atoms with Gasteiger partial charge in [0.25, 0.3) is 0 Å². The maximum absolute atomic E-state index is 12.5. The van der Waals surface area contributed by atoms with Crippen LogP contribution in [0.15, 0.2) is 30.3 Å². The number of carbonyl (C=O) groups is 1. The fourth-order valence-electron chi connectivity index (χ4n) is 4.65. The Labute approximate surface area is 188 Å². The van der Waals surface area contributed by atoms with Crippen LogP contribution in [0.1, 0.15) is 49.3 Å². The van der Waals surface area contributed by atoms with E-state index in [2.05, 4.69) is 28.5 Å². The van der Waals surface area contributed by atoms with Crippen molar-refractivity contribution in [3.8, 4) is 17.2 Å². The molecule has 32 heavy (non-hydrogen) atoms. The molecule has 0 saturated carbocycles. The lowest BCUT2D eigenvalue weighted by molar-refractivity contribution is -0.160. The molecular weight excluding hydrogens is 402 g/mol. The standard InChI is InChI=1S/C26H29N3O3/c1-15-7-9-17(10-8-15)20-18-13-16(2)29-12-11-28(6)22(23(18)29)19(14-27)21(20)24(25(30)31)32-26(3,4)5/h7-10,13,24H,11-12H2,1-6H3,(H,30,31)/t24-/m0/s1. The average Bonchev–Trinajstić information content (AvgIpc) is 3.04. The van der Waals surface area contributed by atoms with Crippen LogP contribution >= 0.6 is 0 Å². The Kier molecular flexibility index (Phi) is 5.26. The fraction of sp³-hybridized carbons (Fsp3) is 0.385. The molecule has 0 aliphatic carbocycles. The first-order valence-corrected chi connectivity index (χ1v) is 10.8. The second kappa shape index (κ2) is 7.68. The van der Waals surface area contributed by atoms with Crippen molar-refractivity contribution in [1.29, 1.82) is 5.26 Å². The summed E-state index contributed by atoms with van der Waals surface area (Å²) in [7, 11) is 1.96. The molecule has 0 unspecified atom stereocenters. The number of ether oxygens (including phenoxy) is 1. The molecule has 0 fully saturated rings. The van der Waals surface area contributed by atoms with Gasteiger partial charge in [0.2, 0.25) is 0 Å². The van der Waals surface area contributed by atoms with Crippen molar-refractivity contribution in [2.75, 3.05) is 18.5 Å². The number of anilines is 1. The van der Waals surface area contributed by atoms with Gasteiger partial charge in [-0.25, -0.2) is 4.79 Å². The zero-order valence-electron chi connectivity index (χ0n) is 19.5. The number of hydrogen-bond donors (Lipinski definition) is 1. The summed E-state index contributed by atoms with van der Waals surface area (Å²) in [6.45, 7) is 11.1. The van der Waals surface area contributed by atoms with Crippen LogP contribution in [0.4, 0.5) is 5.69 Å². The molecule has 1 N–H and O–H groups in total. The summed E-state index contributed by atoms with van der Waals surface area (Å²) in [6, 6.07) is 12.5. The fourth-order valence-corrected chi connectivity index (χ4v) is 4.65. The number of carboxylic acid groups (broad SMARTS) is 1. The molecule has 1 atom stereocenters. The summed E-state index contributed by atoms with van der Waals surface area (Å²) in [5.74, 6) is -1.11. The molecule has 1 aliphatic heterocycles. The van der Waals surface area contributed by atoms with E-state index in [1.54, 1.807) is 0 Å². The van der Waals surface area contributed by atoms with E-state index in [9.17, 15) is 15.2 Å². The molecule has 166 valence electrons. The van der Waals surface area contributed by atoms with Crippen LogP contribution in [0.5, 0.6) is 0 Å². The van der Waals surface area contributed by atoms with Crippen LogP contribution in [0.3, 0.4) is 0 Å². The van der Waals surface area contributed by atoms with E-state index in [0.717, 1.165) is 52.1 Å². The summed E-state index contributed by atoms with van der Waals surface area (Å²) in [5, 5.41) is 21.5. The zero-order valence-corrected chi connectivity index (χ0v) is 19.5. The Balaban J connectivity index is 2.21. The maximum atomic E-state index is 12.5. The number of aliphatic carboxylic acids is 1. The van der Waals surface area contributed by atoms with Gasteiger partial charge in [-0.15, -0.1) is 0 Å². The van der Waals surface area contributed by atoms with Gasteiger partial charge in [-0.2, -0.15) is 5.26 Å². The third-order valence-corrected chi connectivity index (χ3v) is 6.02. The van der Waals surface area contributed by atoms with Gasteiger partial charge in [0, 0.05) is 36.8 Å². The predicted octanol–water partition coefficient (Wildman–Crippen LogP) is 5.19. The van der Waals surface area contributed by atoms with E-state index in [0.29, 0.717) is 11.1 Å². The lowest BCUT2D eigenvalue weighted by atomic mass is 9.86. The van der Waals surface area contributed by atoms with Gasteiger partial charge in [-0.1, -0.05) is 29.8 Å². The highest BCUT2D eigenvalue weighted by atomic mass is 16.5. The van der Waals surface area contributed by atoms with Gasteiger partial charge >= 0.3 is 5.97 Å². The molecule has 0 saturated heterocycles. The number of hydrogen-bond acceptors (Lipinski definition) is 4. The number of rotatable bonds is 4. The lowest BCUT2D eigenvalue weighted by Gasteiger charge is -2.33. The van der Waals surface area contributed by atoms with Crippen LogP contribution < -0.4 is 4.90 Å². The second-order valence-electron chi connectivity index (χ2n) is 9.56. The number of aryl methyl sites for hydroxylation is 2. The summed E-state index contributed by atoms with van der Waals surface area (Å²) in [5.41, 5.74) is 5.67. The van der Waals surface area contributed by atoms with Crippen LogP contribution in [-0.2, 0) is 16.1 Å². The number of nitrogens with zero attached hydrogens (tertiary/aromatic N) is 3. The molecule has 6 nitrogen and oxygen atoms in total. The first-order valence-electron chi connectivity index (χ1n) is 10.8. The zero-order chi connectivity index (χ0) is 23.4. The van der Waals surface area contributed by atoms with Gasteiger partial charge in [0.1, 0.15) is 6.07 Å². The molecule has 0 radical (unpaired) electrons. The topological polar surface area (TPSA) is 78.5 Å². The molecule has 0 spiro atoms. The first-order chi connectivity index (χ1) is 15.0. The van der Waals surface area contributed by atoms with Crippen molar-refractivity contribution >= 4 is 22.6 Å². The summed E-state index contributed by atoms with van der Waals surface area (Å²) in [6.07, 6.45) is -1.28. The van der Waals surface area contributed by atoms with E-state index in [4.69, 9.17) is 4.74 Å². The molecule has 2 aromatic carbocycles. The van der Waals surface area contributed by atoms with E-state index in [1.807, 2.05) is 59.0 Å². The molecule has 1 aliphatic rings. The highest BCUT2D eigenvalue weighted by Gasteiger charge is 2.36. The summed E-state index contributed by atoms with van der Waals surface area (Å²) >= 11 is 0. The number of aromatic nitrogens is 1. The highest BCUT2D eigenvalue weighted by Crippen LogP contribution is 2.47. The SMILES string of the molecule is Cc1ccc(-c2c([C@H](OC(C)(C)C)C(=O)O)c(C#N)c3c4c2cc(C)n4CCN3C)cc1. The Morgan fingerprint density at radius 3 is 2.41 bits per heavy atom. The van der Waals surface area contributed by atoms with E-state index < -0.39 is 17.7 Å². The summed E-state index contributed by atoms with van der Waals surface area (Å²) in [4.78, 5) is 14.6. The average molecular weight is 432 g/mol. The van der Waals surface area contributed by atoms with E-state index >= 15 is 0 Å². The van der Waals surface area contributed by atoms with Gasteiger partial charge in [0.15, 0.2) is 6.10 Å². The minimum absolute atomic E-state index is 0.367. The number of nitriles is 1. The van der Waals surface area contributed by atoms with Crippen LogP contribution in [0.2, 0.25) is 0 Å². The van der Waals surface area contributed by atoms with Gasteiger partial charge < -0.3 is 19.3 Å². The third-order valence-electron chi connectivity index (χ3n) is 6.02. The number of likely N-dealkylation sites (N-methyl/N-ethyl adjacent to an activating group) is 1. The Morgan fingerprint density at radius 1 is 1.19 bits per heavy atom. The Morgan fingerprint density at radius 2 is 1.84 bits per heavy atom. The molecule has 1 aromatic heterocycles. The molecule has 0 amide bonds. The predicted molar refractivity (Wildman–Crippen MR) is 126 cm³/mol. The number of benzene rings is 2. The van der Waals surface area contributed by atoms with Gasteiger partial charge in [-0.3, -0.25) is 0 Å². The van der Waals surface area contributed by atoms with Crippen molar-refractivity contribution in [2.24, 2.45) is 0 Å². The second-order valence-corrected chi connectivity index (χ2v) is 9.56. The maximum Gasteiger partial charge on any atom is 0.337 e. The van der Waals surface area contributed by atoms with E-state index in [-0.39, 0.29) is 0 Å². The van der Waals surface area contributed by atoms with Crippen molar-refractivity contribution in [3.05, 3.63) is 52.7 Å². The third kappa shape index (κ3) is 3.53. The quantitative estimate of drug-likeness (QED) is 0.615. The number of carboxylic acids is 1. The normalized spacial score (nSPS) is 14.5. The molecule has 2 heterocycles. The molecule has 4 rings (SSSR count). The van der Waals surface area contributed by atoms with Crippen molar-refractivity contribution < 1.29 is 14.6 Å². The van der Waals surface area contributed by atoms with Crippen molar-refractivity contribution in [3.63, 3.8) is 0 Å². The van der Waals surface area contributed by atoms with Crippen LogP contribution in [-0.4, -0.2) is 34.8 Å². The molecule has 6 heteroatoms. The van der Waals surface area contributed by atoms with Crippen molar-refractivity contribution in [2.45, 2.75) is 52.9 Å². The van der Waals surface area contributed by atoms with Gasteiger partial charge in [-0.05, 0) is 51.8 Å². The molecule has 3 aromatic rings. The molecular formula is C26H29N3O3. The van der Waals surface area contributed by atoms with Crippen LogP contribution in [0.25, 0.3) is 22.0 Å². The first kappa shape index (κ1) is 21.9. The Bertz CT molecular complexity index is 1260. The van der Waals surface area contributed by atoms with Gasteiger partial charge in [0.05, 0.1) is 22.4 Å². The minimum Gasteiger partial charge on any atom is -0.479 e. The summed E-state index contributed by atoms with van der Waals surface area (Å²) < 4.78 is 8.31. The Hall–Kier alpha value is -3.30. The van der Waals surface area contributed by atoms with E-state index in [1.165, 1.54) is 0 Å². The monoisotopic (exact) mass is 431 g/mol. The minimum atomic E-state index is -1.28. The largest absolute Gasteiger partial charge is 0.479 e. The smallest absolute Gasteiger partial charge is 0.337 e. The highest BCUT2D eigenvalue weighted by molar-refractivity contribution is 6.08. The lowest BCUT2D eigenvalue weighted by Crippen LogP contribution is -2.31. The molecule has 0 bridgehead atoms. The van der Waals surface area contributed by atoms with Crippen LogP contribution in [0, 0.1) is 25.2 Å².